The molecule has 2 unspecified atom stereocenters. The van der Waals surface area contributed by atoms with Crippen LogP contribution in [0.3, 0.4) is 0 Å². The van der Waals surface area contributed by atoms with Gasteiger partial charge >= 0.3 is 0 Å². The average Bonchev–Trinajstić information content (AvgIpc) is 2.82. The van der Waals surface area contributed by atoms with E-state index < -0.39 is 0 Å². The van der Waals surface area contributed by atoms with Gasteiger partial charge < -0.3 is 14.3 Å². The number of aryl methyl sites for hydroxylation is 2. The molecule has 2 amide bonds. The van der Waals surface area contributed by atoms with Crippen LogP contribution in [-0.2, 0) is 11.3 Å². The fraction of sp³-hybridized carbons (Fsp3) is 0.500. The molecule has 0 saturated carbocycles. The first-order chi connectivity index (χ1) is 12.5. The molecule has 3 aliphatic heterocycles. The normalized spacial score (nSPS) is 22.6. The second-order valence-corrected chi connectivity index (χ2v) is 7.00. The Labute approximate surface area is 151 Å². The lowest BCUT2D eigenvalue weighted by Crippen LogP contribution is -2.47. The summed E-state index contributed by atoms with van der Waals surface area (Å²) in [5.74, 6) is 0.510. The molecule has 0 radical (unpaired) electrons. The second kappa shape index (κ2) is 6.51. The molecule has 3 aliphatic rings. The zero-order valence-corrected chi connectivity index (χ0v) is 14.9. The Balaban J connectivity index is 1.58. The number of fused-ring (bicyclic) bond motifs is 4. The number of hydrogen-bond donors (Lipinski definition) is 0. The Hall–Kier alpha value is -2.77. The fourth-order valence-electron chi connectivity index (χ4n) is 3.88. The lowest BCUT2D eigenvalue weighted by Gasteiger charge is -2.35. The third-order valence-corrected chi connectivity index (χ3v) is 5.37. The Morgan fingerprint density at radius 3 is 2.81 bits per heavy atom. The van der Waals surface area contributed by atoms with E-state index in [1.807, 2.05) is 18.7 Å². The molecule has 2 aromatic heterocycles. The lowest BCUT2D eigenvalue weighted by atomic mass is 9.93. The summed E-state index contributed by atoms with van der Waals surface area (Å²) in [7, 11) is 0. The molecule has 8 heteroatoms. The summed E-state index contributed by atoms with van der Waals surface area (Å²) in [6.07, 6.45) is 6.22. The monoisotopic (exact) mass is 355 g/mol. The molecule has 0 spiro atoms. The smallest absolute Gasteiger partial charge is 0.274 e. The van der Waals surface area contributed by atoms with Gasteiger partial charge in [0.25, 0.3) is 5.91 Å². The number of piperidine rings is 1. The van der Waals surface area contributed by atoms with Crippen molar-refractivity contribution in [1.29, 1.82) is 0 Å². The van der Waals surface area contributed by atoms with Crippen LogP contribution in [0.1, 0.15) is 40.3 Å². The molecular formula is C18H21N5O3. The number of carbonyl (C=O) groups is 2. The van der Waals surface area contributed by atoms with E-state index in [0.29, 0.717) is 25.3 Å². The molecule has 5 heterocycles. The van der Waals surface area contributed by atoms with Crippen molar-refractivity contribution in [2.45, 2.75) is 39.3 Å². The summed E-state index contributed by atoms with van der Waals surface area (Å²) in [6, 6.07) is -0.00410. The highest BCUT2D eigenvalue weighted by Gasteiger charge is 2.42. The van der Waals surface area contributed by atoms with E-state index in [9.17, 15) is 9.59 Å². The van der Waals surface area contributed by atoms with Crippen LogP contribution in [0.2, 0.25) is 0 Å². The SMILES string of the molecule is Cc1noc(C)c1CN1C(=O)C2CCC1CN(C(=O)c1cnccn1)C2. The van der Waals surface area contributed by atoms with Crippen molar-refractivity contribution in [2.75, 3.05) is 13.1 Å². The van der Waals surface area contributed by atoms with Crippen LogP contribution in [-0.4, -0.2) is 55.9 Å². The molecule has 0 aliphatic carbocycles. The van der Waals surface area contributed by atoms with Crippen LogP contribution in [0.5, 0.6) is 0 Å². The maximum Gasteiger partial charge on any atom is 0.274 e. The van der Waals surface area contributed by atoms with Gasteiger partial charge in [-0.25, -0.2) is 4.98 Å². The van der Waals surface area contributed by atoms with Gasteiger partial charge in [0.05, 0.1) is 24.4 Å². The van der Waals surface area contributed by atoms with Crippen LogP contribution in [0.15, 0.2) is 23.1 Å². The third-order valence-electron chi connectivity index (χ3n) is 5.37. The number of nitrogens with zero attached hydrogens (tertiary/aromatic N) is 5. The van der Waals surface area contributed by atoms with Gasteiger partial charge in [0.2, 0.25) is 5.91 Å². The number of amides is 2. The second-order valence-electron chi connectivity index (χ2n) is 7.00. The van der Waals surface area contributed by atoms with E-state index >= 15 is 0 Å². The van der Waals surface area contributed by atoms with E-state index in [1.54, 1.807) is 4.90 Å². The van der Waals surface area contributed by atoms with Gasteiger partial charge in [-0.1, -0.05) is 5.16 Å². The number of aromatic nitrogens is 3. The van der Waals surface area contributed by atoms with E-state index in [2.05, 4.69) is 15.1 Å². The highest BCUT2D eigenvalue weighted by atomic mass is 16.5. The quantitative estimate of drug-likeness (QED) is 0.825. The van der Waals surface area contributed by atoms with Crippen molar-refractivity contribution in [3.63, 3.8) is 0 Å². The minimum Gasteiger partial charge on any atom is -0.361 e. The Morgan fingerprint density at radius 2 is 2.12 bits per heavy atom. The van der Waals surface area contributed by atoms with Gasteiger partial charge in [-0.3, -0.25) is 14.6 Å². The third kappa shape index (κ3) is 2.85. The summed E-state index contributed by atoms with van der Waals surface area (Å²) < 4.78 is 5.23. The van der Waals surface area contributed by atoms with Crippen molar-refractivity contribution >= 4 is 11.8 Å². The van der Waals surface area contributed by atoms with Crippen molar-refractivity contribution in [3.8, 4) is 0 Å². The van der Waals surface area contributed by atoms with Crippen LogP contribution in [0, 0.1) is 19.8 Å². The predicted octanol–water partition coefficient (Wildman–Crippen LogP) is 1.34. The predicted molar refractivity (Wildman–Crippen MR) is 91.0 cm³/mol. The minimum absolute atomic E-state index is 0.00410. The largest absolute Gasteiger partial charge is 0.361 e. The molecule has 3 saturated heterocycles. The Kier molecular flexibility index (Phi) is 4.18. The molecule has 136 valence electrons. The molecule has 0 aromatic carbocycles. The maximum atomic E-state index is 13.0. The highest BCUT2D eigenvalue weighted by Crippen LogP contribution is 2.31. The van der Waals surface area contributed by atoms with Gasteiger partial charge in [-0.15, -0.1) is 0 Å². The molecule has 26 heavy (non-hydrogen) atoms. The van der Waals surface area contributed by atoms with Crippen molar-refractivity contribution in [1.82, 2.24) is 24.9 Å². The van der Waals surface area contributed by atoms with Gasteiger partial charge in [0.15, 0.2) is 0 Å². The number of rotatable bonds is 3. The Morgan fingerprint density at radius 1 is 1.27 bits per heavy atom. The fourth-order valence-corrected chi connectivity index (χ4v) is 3.88. The topological polar surface area (TPSA) is 92.4 Å². The summed E-state index contributed by atoms with van der Waals surface area (Å²) in [6.45, 7) is 5.17. The van der Waals surface area contributed by atoms with E-state index in [1.165, 1.54) is 18.6 Å². The zero-order valence-electron chi connectivity index (χ0n) is 14.9. The van der Waals surface area contributed by atoms with Crippen LogP contribution >= 0.6 is 0 Å². The molecule has 3 fully saturated rings. The lowest BCUT2D eigenvalue weighted by molar-refractivity contribution is -0.140. The van der Waals surface area contributed by atoms with Crippen molar-refractivity contribution in [3.05, 3.63) is 41.3 Å². The zero-order chi connectivity index (χ0) is 18.3. The maximum absolute atomic E-state index is 13.0. The number of hydrogen-bond acceptors (Lipinski definition) is 6. The van der Waals surface area contributed by atoms with E-state index in [-0.39, 0.29) is 23.8 Å². The van der Waals surface area contributed by atoms with Crippen LogP contribution in [0.25, 0.3) is 0 Å². The van der Waals surface area contributed by atoms with Crippen molar-refractivity contribution < 1.29 is 14.1 Å². The molecule has 2 bridgehead atoms. The van der Waals surface area contributed by atoms with Gasteiger partial charge in [0, 0.05) is 37.1 Å². The number of carbonyl (C=O) groups excluding carboxylic acids is 2. The summed E-state index contributed by atoms with van der Waals surface area (Å²) in [4.78, 5) is 37.5. The average molecular weight is 355 g/mol. The summed E-state index contributed by atoms with van der Waals surface area (Å²) in [5.41, 5.74) is 2.08. The van der Waals surface area contributed by atoms with Crippen LogP contribution in [0.4, 0.5) is 0 Å². The van der Waals surface area contributed by atoms with Crippen molar-refractivity contribution in [2.24, 2.45) is 5.92 Å². The standard InChI is InChI=1S/C18H21N5O3/c1-11-15(12(2)26-21-11)10-23-14-4-3-13(17(23)24)8-22(9-14)18(25)16-7-19-5-6-20-16/h5-7,13-14H,3-4,8-10H2,1-2H3. The molecule has 0 N–H and O–H groups in total. The Bertz CT molecular complexity index is 815. The van der Waals surface area contributed by atoms with Gasteiger partial charge in [-0.2, -0.15) is 0 Å². The molecular weight excluding hydrogens is 334 g/mol. The first-order valence-corrected chi connectivity index (χ1v) is 8.82. The molecule has 5 rings (SSSR count). The summed E-state index contributed by atoms with van der Waals surface area (Å²) >= 11 is 0. The van der Waals surface area contributed by atoms with E-state index in [0.717, 1.165) is 29.9 Å². The molecule has 2 aromatic rings. The molecule has 2 atom stereocenters. The van der Waals surface area contributed by atoms with Crippen LogP contribution < -0.4 is 0 Å². The summed E-state index contributed by atoms with van der Waals surface area (Å²) in [5, 5.41) is 3.98. The van der Waals surface area contributed by atoms with Gasteiger partial charge in [-0.05, 0) is 26.7 Å². The first-order valence-electron chi connectivity index (χ1n) is 8.82. The minimum atomic E-state index is -0.171. The van der Waals surface area contributed by atoms with Gasteiger partial charge in [0.1, 0.15) is 11.5 Å². The first kappa shape index (κ1) is 16.7. The van der Waals surface area contributed by atoms with E-state index in [4.69, 9.17) is 4.52 Å². The highest BCUT2D eigenvalue weighted by molar-refractivity contribution is 5.93. The molecule has 8 nitrogen and oxygen atoms in total.